The standard InChI is InChI=1S/C19H25N3O2S/c1-12-5-7-16(22(11-12)19(23)24)14-6-8-17-15(10-14)20-18(25-17)9-13(2)21(3)4/h6-8,10,12-13H,5,9,11H2,1-4H3,(H,23,24)/t12-,13?/m0/s1. The molecule has 5 nitrogen and oxygen atoms in total. The Morgan fingerprint density at radius 1 is 1.48 bits per heavy atom. The second-order valence-electron chi connectivity index (χ2n) is 7.13. The van der Waals surface area contributed by atoms with Gasteiger partial charge >= 0.3 is 6.09 Å². The van der Waals surface area contributed by atoms with Crippen LogP contribution in [0.2, 0.25) is 0 Å². The normalized spacial score (nSPS) is 19.3. The Hall–Kier alpha value is -1.92. The van der Waals surface area contributed by atoms with Crippen LogP contribution in [-0.4, -0.2) is 52.7 Å². The summed E-state index contributed by atoms with van der Waals surface area (Å²) in [5, 5.41) is 10.6. The fraction of sp³-hybridized carbons (Fsp3) is 0.474. The summed E-state index contributed by atoms with van der Waals surface area (Å²) in [6.07, 6.45) is 2.96. The number of likely N-dealkylation sites (N-methyl/N-ethyl adjacent to an activating group) is 1. The van der Waals surface area contributed by atoms with Gasteiger partial charge in [0.05, 0.1) is 20.9 Å². The van der Waals surface area contributed by atoms with Crippen LogP contribution in [0, 0.1) is 5.92 Å². The Balaban J connectivity index is 1.91. The lowest BCUT2D eigenvalue weighted by Crippen LogP contribution is -2.34. The fourth-order valence-electron chi connectivity index (χ4n) is 3.02. The second-order valence-corrected chi connectivity index (χ2v) is 8.25. The Labute approximate surface area is 152 Å². The number of nitrogens with zero attached hydrogens (tertiary/aromatic N) is 3. The van der Waals surface area contributed by atoms with Crippen molar-refractivity contribution in [1.29, 1.82) is 0 Å². The molecule has 0 bridgehead atoms. The van der Waals surface area contributed by atoms with E-state index >= 15 is 0 Å². The molecule has 3 rings (SSSR count). The summed E-state index contributed by atoms with van der Waals surface area (Å²) in [7, 11) is 4.15. The van der Waals surface area contributed by atoms with Gasteiger partial charge in [-0.05, 0) is 45.5 Å². The zero-order valence-corrected chi connectivity index (χ0v) is 16.0. The number of fused-ring (bicyclic) bond motifs is 1. The zero-order valence-electron chi connectivity index (χ0n) is 15.2. The Morgan fingerprint density at radius 2 is 2.24 bits per heavy atom. The molecular formula is C19H25N3O2S. The Kier molecular flexibility index (Phi) is 5.11. The van der Waals surface area contributed by atoms with Gasteiger partial charge in [-0.1, -0.05) is 19.1 Å². The van der Waals surface area contributed by atoms with Crippen LogP contribution in [0.3, 0.4) is 0 Å². The van der Waals surface area contributed by atoms with Crippen LogP contribution < -0.4 is 0 Å². The van der Waals surface area contributed by atoms with E-state index in [1.165, 1.54) is 4.90 Å². The highest BCUT2D eigenvalue weighted by Crippen LogP contribution is 2.31. The van der Waals surface area contributed by atoms with Gasteiger partial charge in [0.2, 0.25) is 0 Å². The van der Waals surface area contributed by atoms with E-state index in [2.05, 4.69) is 38.9 Å². The Morgan fingerprint density at radius 3 is 2.92 bits per heavy atom. The van der Waals surface area contributed by atoms with Crippen molar-refractivity contribution in [2.75, 3.05) is 20.6 Å². The number of benzene rings is 1. The first-order valence-electron chi connectivity index (χ1n) is 8.62. The van der Waals surface area contributed by atoms with Crippen LogP contribution in [0.5, 0.6) is 0 Å². The number of thiazole rings is 1. The average molecular weight is 359 g/mol. The van der Waals surface area contributed by atoms with Gasteiger partial charge in [-0.2, -0.15) is 0 Å². The minimum absolute atomic E-state index is 0.349. The summed E-state index contributed by atoms with van der Waals surface area (Å²) >= 11 is 1.72. The monoisotopic (exact) mass is 359 g/mol. The quantitative estimate of drug-likeness (QED) is 0.891. The molecule has 2 aromatic rings. The van der Waals surface area contributed by atoms with Crippen molar-refractivity contribution >= 4 is 33.3 Å². The SMILES string of the molecule is CC(Cc1nc2cc(C3=CC[C@H](C)CN3C(=O)O)ccc2s1)N(C)C. The number of carbonyl (C=O) groups is 1. The summed E-state index contributed by atoms with van der Waals surface area (Å²) in [6, 6.07) is 6.53. The molecule has 0 saturated heterocycles. The second kappa shape index (κ2) is 7.14. The van der Waals surface area contributed by atoms with Crippen molar-refractivity contribution in [3.05, 3.63) is 34.8 Å². The molecule has 6 heteroatoms. The lowest BCUT2D eigenvalue weighted by molar-refractivity contribution is 0.159. The number of aromatic nitrogens is 1. The summed E-state index contributed by atoms with van der Waals surface area (Å²) in [6.45, 7) is 4.81. The van der Waals surface area contributed by atoms with Gasteiger partial charge < -0.3 is 10.0 Å². The van der Waals surface area contributed by atoms with Crippen molar-refractivity contribution in [3.63, 3.8) is 0 Å². The molecule has 1 amide bonds. The van der Waals surface area contributed by atoms with Gasteiger partial charge in [0, 0.05) is 24.6 Å². The van der Waals surface area contributed by atoms with Crippen LogP contribution in [0.4, 0.5) is 4.79 Å². The van der Waals surface area contributed by atoms with Crippen LogP contribution in [0.1, 0.15) is 30.8 Å². The van der Waals surface area contributed by atoms with E-state index < -0.39 is 6.09 Å². The largest absolute Gasteiger partial charge is 0.465 e. The topological polar surface area (TPSA) is 56.7 Å². The smallest absolute Gasteiger partial charge is 0.411 e. The predicted molar refractivity (Wildman–Crippen MR) is 103 cm³/mol. The molecule has 1 N–H and O–H groups in total. The molecule has 1 unspecified atom stereocenters. The van der Waals surface area contributed by atoms with E-state index in [-0.39, 0.29) is 0 Å². The first-order valence-corrected chi connectivity index (χ1v) is 9.43. The van der Waals surface area contributed by atoms with E-state index in [1.807, 2.05) is 18.2 Å². The van der Waals surface area contributed by atoms with Gasteiger partial charge in [0.15, 0.2) is 0 Å². The van der Waals surface area contributed by atoms with E-state index in [4.69, 9.17) is 4.98 Å². The molecule has 134 valence electrons. The molecule has 0 saturated carbocycles. The molecule has 0 spiro atoms. The molecule has 25 heavy (non-hydrogen) atoms. The third-order valence-electron chi connectivity index (χ3n) is 4.81. The van der Waals surface area contributed by atoms with Crippen molar-refractivity contribution < 1.29 is 9.90 Å². The maximum Gasteiger partial charge on any atom is 0.411 e. The number of allylic oxidation sites excluding steroid dienone is 1. The van der Waals surface area contributed by atoms with Crippen LogP contribution in [0.25, 0.3) is 15.9 Å². The first kappa shape index (κ1) is 17.9. The van der Waals surface area contributed by atoms with Gasteiger partial charge in [-0.25, -0.2) is 9.78 Å². The molecule has 1 aliphatic heterocycles. The van der Waals surface area contributed by atoms with Crippen LogP contribution in [0.15, 0.2) is 24.3 Å². The van der Waals surface area contributed by atoms with Crippen molar-refractivity contribution in [2.24, 2.45) is 5.92 Å². The first-order chi connectivity index (χ1) is 11.8. The molecule has 0 fully saturated rings. The highest BCUT2D eigenvalue weighted by molar-refractivity contribution is 7.18. The lowest BCUT2D eigenvalue weighted by Gasteiger charge is -2.29. The summed E-state index contributed by atoms with van der Waals surface area (Å²) in [4.78, 5) is 20.0. The fourth-order valence-corrected chi connectivity index (χ4v) is 4.09. The minimum Gasteiger partial charge on any atom is -0.465 e. The number of amides is 1. The van der Waals surface area contributed by atoms with Gasteiger partial charge in [-0.3, -0.25) is 4.90 Å². The lowest BCUT2D eigenvalue weighted by atomic mass is 9.98. The van der Waals surface area contributed by atoms with Gasteiger partial charge in [0.25, 0.3) is 0 Å². The van der Waals surface area contributed by atoms with E-state index in [1.54, 1.807) is 11.3 Å². The van der Waals surface area contributed by atoms with E-state index in [0.29, 0.717) is 18.5 Å². The molecule has 1 aromatic heterocycles. The van der Waals surface area contributed by atoms with Crippen molar-refractivity contribution in [2.45, 2.75) is 32.7 Å². The predicted octanol–water partition coefficient (Wildman–Crippen LogP) is 4.15. The van der Waals surface area contributed by atoms with Gasteiger partial charge in [-0.15, -0.1) is 11.3 Å². The highest BCUT2D eigenvalue weighted by atomic mass is 32.1. The molecule has 0 aliphatic carbocycles. The number of hydrogen-bond acceptors (Lipinski definition) is 4. The maximum absolute atomic E-state index is 11.6. The average Bonchev–Trinajstić information content (AvgIpc) is 2.95. The third kappa shape index (κ3) is 3.85. The van der Waals surface area contributed by atoms with E-state index in [9.17, 15) is 9.90 Å². The molecule has 2 atom stereocenters. The number of carboxylic acid groups (broad SMARTS) is 1. The van der Waals surface area contributed by atoms with Gasteiger partial charge in [0.1, 0.15) is 0 Å². The molecule has 1 aromatic carbocycles. The van der Waals surface area contributed by atoms with Crippen LogP contribution >= 0.6 is 11.3 Å². The summed E-state index contributed by atoms with van der Waals surface area (Å²) in [5.41, 5.74) is 2.66. The summed E-state index contributed by atoms with van der Waals surface area (Å²) in [5.74, 6) is 0.349. The molecule has 2 heterocycles. The van der Waals surface area contributed by atoms with Crippen LogP contribution in [-0.2, 0) is 6.42 Å². The molecular weight excluding hydrogens is 334 g/mol. The third-order valence-corrected chi connectivity index (χ3v) is 5.87. The summed E-state index contributed by atoms with van der Waals surface area (Å²) < 4.78 is 1.15. The molecule has 0 radical (unpaired) electrons. The molecule has 1 aliphatic rings. The highest BCUT2D eigenvalue weighted by Gasteiger charge is 2.25. The van der Waals surface area contributed by atoms with Crippen molar-refractivity contribution in [1.82, 2.24) is 14.8 Å². The number of rotatable bonds is 4. The maximum atomic E-state index is 11.6. The minimum atomic E-state index is -0.892. The Bertz CT molecular complexity index is 812. The number of hydrogen-bond donors (Lipinski definition) is 1. The zero-order chi connectivity index (χ0) is 18.1. The van der Waals surface area contributed by atoms with Crippen molar-refractivity contribution in [3.8, 4) is 0 Å². The van der Waals surface area contributed by atoms with E-state index in [0.717, 1.165) is 39.3 Å².